The SMILES string of the molecule is COc1cnc(C(F)F)cc1-c1cc(Cc2nnc(C)o2)ccc1C(=O)Nc1nnc(C#CC2CC2)s1. The Morgan fingerprint density at radius 3 is 2.76 bits per heavy atom. The van der Waals surface area contributed by atoms with Gasteiger partial charge in [0.15, 0.2) is 5.01 Å². The van der Waals surface area contributed by atoms with Crippen molar-refractivity contribution in [3.63, 3.8) is 0 Å². The minimum Gasteiger partial charge on any atom is -0.494 e. The van der Waals surface area contributed by atoms with Crippen LogP contribution in [-0.2, 0) is 6.42 Å². The molecule has 1 saturated carbocycles. The lowest BCUT2D eigenvalue weighted by Crippen LogP contribution is -2.14. The van der Waals surface area contributed by atoms with E-state index >= 15 is 0 Å². The highest BCUT2D eigenvalue weighted by Gasteiger charge is 2.22. The first-order valence-corrected chi connectivity index (χ1v) is 12.1. The highest BCUT2D eigenvalue weighted by molar-refractivity contribution is 7.15. The first-order chi connectivity index (χ1) is 17.9. The molecule has 4 aromatic rings. The Hall–Kier alpha value is -4.24. The minimum atomic E-state index is -2.80. The van der Waals surface area contributed by atoms with Crippen LogP contribution in [0.4, 0.5) is 13.9 Å². The van der Waals surface area contributed by atoms with Gasteiger partial charge in [0.25, 0.3) is 12.3 Å². The number of methoxy groups -OCH3 is 1. The van der Waals surface area contributed by atoms with Gasteiger partial charge in [0, 0.05) is 24.0 Å². The maximum Gasteiger partial charge on any atom is 0.280 e. The van der Waals surface area contributed by atoms with Gasteiger partial charge in [-0.2, -0.15) is 0 Å². The number of hydrogen-bond donors (Lipinski definition) is 1. The third-order valence-corrected chi connectivity index (χ3v) is 6.23. The van der Waals surface area contributed by atoms with Gasteiger partial charge in [-0.25, -0.2) is 8.78 Å². The topological polar surface area (TPSA) is 116 Å². The Balaban J connectivity index is 1.51. The first kappa shape index (κ1) is 24.5. The molecule has 0 bridgehead atoms. The molecule has 3 heterocycles. The average Bonchev–Trinajstić information content (AvgIpc) is 3.48. The maximum atomic E-state index is 13.5. The van der Waals surface area contributed by atoms with Crippen LogP contribution in [0.5, 0.6) is 5.75 Å². The molecular formula is C25H20F2N6O3S. The lowest BCUT2D eigenvalue weighted by molar-refractivity contribution is 0.102. The van der Waals surface area contributed by atoms with Crippen LogP contribution in [0.3, 0.4) is 0 Å². The van der Waals surface area contributed by atoms with Crippen LogP contribution in [0, 0.1) is 24.7 Å². The van der Waals surface area contributed by atoms with E-state index in [4.69, 9.17) is 9.15 Å². The van der Waals surface area contributed by atoms with E-state index in [0.717, 1.165) is 29.7 Å². The monoisotopic (exact) mass is 522 g/mol. The van der Waals surface area contributed by atoms with E-state index in [1.54, 1.807) is 25.1 Å². The number of aryl methyl sites for hydroxylation is 1. The summed E-state index contributed by atoms with van der Waals surface area (Å²) < 4.78 is 37.8. The molecule has 1 amide bonds. The van der Waals surface area contributed by atoms with Crippen molar-refractivity contribution in [2.75, 3.05) is 12.4 Å². The molecule has 0 unspecified atom stereocenters. The molecule has 1 fully saturated rings. The second-order valence-electron chi connectivity index (χ2n) is 8.29. The molecule has 1 N–H and O–H groups in total. The van der Waals surface area contributed by atoms with Gasteiger partial charge >= 0.3 is 0 Å². The average molecular weight is 523 g/mol. The van der Waals surface area contributed by atoms with Crippen LogP contribution in [0.15, 0.2) is 34.9 Å². The number of carbonyl (C=O) groups is 1. The number of amides is 1. The number of aromatic nitrogens is 5. The zero-order valence-corrected chi connectivity index (χ0v) is 20.6. The molecule has 0 saturated heterocycles. The van der Waals surface area contributed by atoms with Gasteiger partial charge in [-0.1, -0.05) is 23.3 Å². The first-order valence-electron chi connectivity index (χ1n) is 11.3. The molecule has 1 aliphatic rings. The Bertz CT molecular complexity index is 1520. The molecule has 5 rings (SSSR count). The van der Waals surface area contributed by atoms with Crippen molar-refractivity contribution in [3.05, 3.63) is 64.1 Å². The second kappa shape index (κ2) is 10.4. The molecule has 0 aliphatic heterocycles. The van der Waals surface area contributed by atoms with E-state index < -0.39 is 18.0 Å². The van der Waals surface area contributed by atoms with Crippen LogP contribution < -0.4 is 10.1 Å². The molecule has 1 aliphatic carbocycles. The number of alkyl halides is 2. The van der Waals surface area contributed by atoms with Crippen LogP contribution in [0.2, 0.25) is 0 Å². The van der Waals surface area contributed by atoms with Gasteiger partial charge in [-0.05, 0) is 48.1 Å². The van der Waals surface area contributed by atoms with E-state index in [1.807, 2.05) is 0 Å². The lowest BCUT2D eigenvalue weighted by Gasteiger charge is -2.15. The third-order valence-electron chi connectivity index (χ3n) is 5.48. The van der Waals surface area contributed by atoms with Gasteiger partial charge in [-0.15, -0.1) is 20.4 Å². The summed E-state index contributed by atoms with van der Waals surface area (Å²) in [5, 5.41) is 19.4. The summed E-state index contributed by atoms with van der Waals surface area (Å²) in [5.74, 6) is 7.02. The number of hydrogen-bond acceptors (Lipinski definition) is 9. The maximum absolute atomic E-state index is 13.5. The number of nitrogens with one attached hydrogen (secondary N) is 1. The number of carbonyl (C=O) groups excluding carboxylic acids is 1. The normalized spacial score (nSPS) is 12.8. The van der Waals surface area contributed by atoms with Crippen molar-refractivity contribution in [1.29, 1.82) is 0 Å². The fraction of sp³-hybridized carbons (Fsp3) is 0.280. The number of rotatable bonds is 7. The van der Waals surface area contributed by atoms with Gasteiger partial charge in [0.2, 0.25) is 16.9 Å². The Morgan fingerprint density at radius 2 is 2.05 bits per heavy atom. The van der Waals surface area contributed by atoms with Crippen molar-refractivity contribution >= 4 is 22.4 Å². The number of anilines is 1. The molecular weight excluding hydrogens is 502 g/mol. The molecule has 188 valence electrons. The summed E-state index contributed by atoms with van der Waals surface area (Å²) in [7, 11) is 1.40. The Morgan fingerprint density at radius 1 is 1.22 bits per heavy atom. The summed E-state index contributed by atoms with van der Waals surface area (Å²) in [5.41, 5.74) is 1.15. The van der Waals surface area contributed by atoms with E-state index in [-0.39, 0.29) is 28.4 Å². The molecule has 37 heavy (non-hydrogen) atoms. The third kappa shape index (κ3) is 5.78. The number of ether oxygens (including phenoxy) is 1. The Labute approximate surface area is 214 Å². The molecule has 0 spiro atoms. The number of nitrogens with zero attached hydrogens (tertiary/aromatic N) is 5. The fourth-order valence-electron chi connectivity index (χ4n) is 3.54. The van der Waals surface area contributed by atoms with Crippen molar-refractivity contribution in [3.8, 4) is 28.7 Å². The summed E-state index contributed by atoms with van der Waals surface area (Å²) in [4.78, 5) is 17.1. The lowest BCUT2D eigenvalue weighted by atomic mass is 9.95. The summed E-state index contributed by atoms with van der Waals surface area (Å²) in [6.45, 7) is 1.68. The van der Waals surface area contributed by atoms with Crippen molar-refractivity contribution in [1.82, 2.24) is 25.4 Å². The molecule has 0 atom stereocenters. The largest absolute Gasteiger partial charge is 0.494 e. The number of pyridine rings is 1. The van der Waals surface area contributed by atoms with E-state index in [9.17, 15) is 13.6 Å². The summed E-state index contributed by atoms with van der Waals surface area (Å²) >= 11 is 1.16. The molecule has 3 aromatic heterocycles. The zero-order chi connectivity index (χ0) is 25.9. The van der Waals surface area contributed by atoms with Crippen molar-refractivity contribution in [2.45, 2.75) is 32.6 Å². The van der Waals surface area contributed by atoms with Crippen molar-refractivity contribution < 1.29 is 22.7 Å². The number of benzene rings is 1. The Kier molecular flexibility index (Phi) is 6.87. The molecule has 0 radical (unpaired) electrons. The summed E-state index contributed by atoms with van der Waals surface area (Å²) in [6.07, 6.45) is 0.868. The van der Waals surface area contributed by atoms with Gasteiger partial charge in [0.05, 0.1) is 19.7 Å². The predicted molar refractivity (Wildman–Crippen MR) is 130 cm³/mol. The van der Waals surface area contributed by atoms with Crippen LogP contribution in [0.1, 0.15) is 57.7 Å². The van der Waals surface area contributed by atoms with Crippen LogP contribution in [-0.4, -0.2) is 38.4 Å². The highest BCUT2D eigenvalue weighted by atomic mass is 32.1. The zero-order valence-electron chi connectivity index (χ0n) is 19.8. The standard InChI is InChI=1S/C25H20F2N6O3S/c1-13-30-31-21(36-13)10-15-5-7-16(17(9-15)18-11-19(23(26)27)28-12-20(18)35-2)24(34)29-25-33-32-22(37-25)8-6-14-3-4-14/h5,7,9,11-12,14,23H,3-4,10H2,1-2H3,(H,29,33,34). The van der Waals surface area contributed by atoms with E-state index in [1.165, 1.54) is 19.4 Å². The minimum absolute atomic E-state index is 0.219. The molecule has 9 nitrogen and oxygen atoms in total. The predicted octanol–water partition coefficient (Wildman–Crippen LogP) is 4.84. The molecule has 12 heteroatoms. The summed E-state index contributed by atoms with van der Waals surface area (Å²) in [6, 6.07) is 6.24. The second-order valence-corrected chi connectivity index (χ2v) is 9.27. The van der Waals surface area contributed by atoms with E-state index in [0.29, 0.717) is 28.3 Å². The smallest absolute Gasteiger partial charge is 0.280 e. The fourth-order valence-corrected chi connectivity index (χ4v) is 4.14. The van der Waals surface area contributed by atoms with Gasteiger partial charge in [-0.3, -0.25) is 15.1 Å². The van der Waals surface area contributed by atoms with Crippen LogP contribution >= 0.6 is 11.3 Å². The number of halogens is 2. The highest BCUT2D eigenvalue weighted by Crippen LogP contribution is 2.36. The molecule has 1 aromatic carbocycles. The van der Waals surface area contributed by atoms with Crippen LogP contribution in [0.25, 0.3) is 11.1 Å². The van der Waals surface area contributed by atoms with E-state index in [2.05, 4.69) is 42.5 Å². The quantitative estimate of drug-likeness (QED) is 0.343. The van der Waals surface area contributed by atoms with Gasteiger partial charge < -0.3 is 9.15 Å². The van der Waals surface area contributed by atoms with Crippen molar-refractivity contribution in [2.24, 2.45) is 5.92 Å². The van der Waals surface area contributed by atoms with Gasteiger partial charge in [0.1, 0.15) is 11.4 Å².